The number of aliphatic hydroxyl groups excluding tert-OH is 2. The largest absolute Gasteiger partial charge is 0.394 e. The summed E-state index contributed by atoms with van der Waals surface area (Å²) in [6.07, 6.45) is 35.4. The van der Waals surface area contributed by atoms with E-state index >= 15 is 0 Å². The lowest BCUT2D eigenvalue weighted by atomic mass is 10.0. The van der Waals surface area contributed by atoms with Gasteiger partial charge in [-0.15, -0.1) is 0 Å². The van der Waals surface area contributed by atoms with E-state index in [1.807, 2.05) is 0 Å². The number of hydrogen-bond acceptors (Lipinski definition) is 3. The molecule has 4 heteroatoms. The second-order valence-electron chi connectivity index (χ2n) is 11.6. The minimum atomic E-state index is -0.655. The average Bonchev–Trinajstić information content (AvgIpc) is 2.92. The topological polar surface area (TPSA) is 69.6 Å². The summed E-state index contributed by atoms with van der Waals surface area (Å²) >= 11 is 0. The molecule has 0 aromatic heterocycles. The van der Waals surface area contributed by atoms with Crippen LogP contribution in [-0.4, -0.2) is 34.9 Å². The number of aliphatic hydroxyl groups is 2. The van der Waals surface area contributed by atoms with Crippen molar-refractivity contribution in [3.05, 3.63) is 12.2 Å². The van der Waals surface area contributed by atoms with Crippen molar-refractivity contribution in [1.29, 1.82) is 0 Å². The third-order valence-electron chi connectivity index (χ3n) is 7.79. The smallest absolute Gasteiger partial charge is 0.220 e. The predicted molar refractivity (Wildman–Crippen MR) is 166 cm³/mol. The third kappa shape index (κ3) is 26.7. The van der Waals surface area contributed by atoms with Crippen LogP contribution in [0.1, 0.15) is 181 Å². The van der Waals surface area contributed by atoms with E-state index in [0.29, 0.717) is 12.8 Å². The van der Waals surface area contributed by atoms with Crippen LogP contribution >= 0.6 is 0 Å². The molecule has 0 aliphatic carbocycles. The second-order valence-corrected chi connectivity index (χ2v) is 11.6. The highest BCUT2D eigenvalue weighted by Gasteiger charge is 2.19. The lowest BCUT2D eigenvalue weighted by Crippen LogP contribution is -2.45. The third-order valence-corrected chi connectivity index (χ3v) is 7.79. The standard InChI is InChI=1S/C34H67NO3/c1-3-5-7-9-11-13-15-17-19-21-23-25-27-29-33(37)32(31-36)35-34(38)30-28-26-24-22-20-18-16-14-12-10-8-6-4-2/h5,7,32-33,36-37H,3-4,6,8-31H2,1-2H3,(H,35,38)/b7-5+/t32-,33+/m0/s1. The maximum absolute atomic E-state index is 12.3. The molecule has 0 bridgehead atoms. The number of carbonyl (C=O) groups is 1. The Hall–Kier alpha value is -0.870. The van der Waals surface area contributed by atoms with Crippen molar-refractivity contribution in [2.24, 2.45) is 0 Å². The van der Waals surface area contributed by atoms with Crippen molar-refractivity contribution < 1.29 is 15.0 Å². The molecule has 0 aliphatic rings. The summed E-state index contributed by atoms with van der Waals surface area (Å²) < 4.78 is 0. The maximum atomic E-state index is 12.3. The summed E-state index contributed by atoms with van der Waals surface area (Å²) in [5.41, 5.74) is 0. The molecular weight excluding hydrogens is 470 g/mol. The van der Waals surface area contributed by atoms with Gasteiger partial charge in [-0.2, -0.15) is 0 Å². The minimum Gasteiger partial charge on any atom is -0.394 e. The fourth-order valence-electron chi connectivity index (χ4n) is 5.18. The molecule has 3 N–H and O–H groups in total. The van der Waals surface area contributed by atoms with Crippen LogP contribution in [0.25, 0.3) is 0 Å². The fraction of sp³-hybridized carbons (Fsp3) is 0.912. The summed E-state index contributed by atoms with van der Waals surface area (Å²) in [5.74, 6) is -0.0347. The number of carbonyl (C=O) groups excluding carboxylic acids is 1. The molecular formula is C34H67NO3. The Bertz CT molecular complexity index is 508. The van der Waals surface area contributed by atoms with Gasteiger partial charge in [-0.25, -0.2) is 0 Å². The quantitative estimate of drug-likeness (QED) is 0.0631. The second kappa shape index (κ2) is 30.7. The van der Waals surface area contributed by atoms with Gasteiger partial charge in [-0.05, 0) is 32.1 Å². The molecule has 0 unspecified atom stereocenters. The highest BCUT2D eigenvalue weighted by molar-refractivity contribution is 5.76. The van der Waals surface area contributed by atoms with Gasteiger partial charge in [0.05, 0.1) is 18.8 Å². The molecule has 0 fully saturated rings. The highest BCUT2D eigenvalue weighted by Crippen LogP contribution is 2.15. The lowest BCUT2D eigenvalue weighted by molar-refractivity contribution is -0.123. The zero-order valence-electron chi connectivity index (χ0n) is 25.7. The summed E-state index contributed by atoms with van der Waals surface area (Å²) in [4.78, 5) is 12.3. The zero-order chi connectivity index (χ0) is 27.9. The monoisotopic (exact) mass is 538 g/mol. The van der Waals surface area contributed by atoms with E-state index in [1.54, 1.807) is 0 Å². The van der Waals surface area contributed by atoms with Gasteiger partial charge in [0, 0.05) is 6.42 Å². The van der Waals surface area contributed by atoms with Crippen LogP contribution in [-0.2, 0) is 4.79 Å². The van der Waals surface area contributed by atoms with E-state index in [-0.39, 0.29) is 12.5 Å². The molecule has 0 heterocycles. The molecule has 0 aromatic rings. The van der Waals surface area contributed by atoms with Crippen LogP contribution < -0.4 is 5.32 Å². The average molecular weight is 538 g/mol. The van der Waals surface area contributed by atoms with E-state index in [4.69, 9.17) is 0 Å². The van der Waals surface area contributed by atoms with Crippen LogP contribution in [0.4, 0.5) is 0 Å². The summed E-state index contributed by atoms with van der Waals surface area (Å²) in [7, 11) is 0. The molecule has 226 valence electrons. The minimum absolute atomic E-state index is 0.0347. The number of unbranched alkanes of at least 4 members (excludes halogenated alkanes) is 21. The molecule has 0 radical (unpaired) electrons. The van der Waals surface area contributed by atoms with Crippen molar-refractivity contribution in [2.75, 3.05) is 6.61 Å². The molecule has 0 aromatic carbocycles. The van der Waals surface area contributed by atoms with Crippen molar-refractivity contribution in [3.63, 3.8) is 0 Å². The molecule has 0 rings (SSSR count). The van der Waals surface area contributed by atoms with E-state index < -0.39 is 12.1 Å². The molecule has 1 amide bonds. The van der Waals surface area contributed by atoms with Crippen LogP contribution in [0.2, 0.25) is 0 Å². The van der Waals surface area contributed by atoms with E-state index in [9.17, 15) is 15.0 Å². The first-order valence-electron chi connectivity index (χ1n) is 16.9. The lowest BCUT2D eigenvalue weighted by Gasteiger charge is -2.22. The number of allylic oxidation sites excluding steroid dienone is 2. The van der Waals surface area contributed by atoms with Gasteiger partial charge in [0.15, 0.2) is 0 Å². The maximum Gasteiger partial charge on any atom is 0.220 e. The Morgan fingerprint density at radius 1 is 0.632 bits per heavy atom. The van der Waals surface area contributed by atoms with Crippen molar-refractivity contribution in [3.8, 4) is 0 Å². The van der Waals surface area contributed by atoms with Gasteiger partial charge in [0.25, 0.3) is 0 Å². The highest BCUT2D eigenvalue weighted by atomic mass is 16.3. The number of nitrogens with one attached hydrogen (secondary N) is 1. The molecule has 38 heavy (non-hydrogen) atoms. The van der Waals surface area contributed by atoms with Gasteiger partial charge < -0.3 is 15.5 Å². The van der Waals surface area contributed by atoms with Gasteiger partial charge >= 0.3 is 0 Å². The first-order chi connectivity index (χ1) is 18.7. The molecule has 0 saturated carbocycles. The van der Waals surface area contributed by atoms with Crippen LogP contribution in [0.3, 0.4) is 0 Å². The van der Waals surface area contributed by atoms with Gasteiger partial charge in [0.2, 0.25) is 5.91 Å². The summed E-state index contributed by atoms with van der Waals surface area (Å²) in [5, 5.41) is 23.0. The predicted octanol–water partition coefficient (Wildman–Crippen LogP) is 9.56. The van der Waals surface area contributed by atoms with E-state index in [2.05, 4.69) is 31.3 Å². The summed E-state index contributed by atoms with van der Waals surface area (Å²) in [6, 6.07) is -0.531. The first-order valence-corrected chi connectivity index (χ1v) is 16.9. The van der Waals surface area contributed by atoms with Crippen molar-refractivity contribution in [2.45, 2.75) is 193 Å². The van der Waals surface area contributed by atoms with Crippen LogP contribution in [0.5, 0.6) is 0 Å². The number of rotatable bonds is 30. The molecule has 4 nitrogen and oxygen atoms in total. The summed E-state index contributed by atoms with van der Waals surface area (Å²) in [6.45, 7) is 4.26. The van der Waals surface area contributed by atoms with Crippen molar-refractivity contribution >= 4 is 5.91 Å². The number of amides is 1. The molecule has 0 spiro atoms. The van der Waals surface area contributed by atoms with E-state index in [0.717, 1.165) is 32.1 Å². The van der Waals surface area contributed by atoms with Gasteiger partial charge in [-0.1, -0.05) is 154 Å². The van der Waals surface area contributed by atoms with Crippen LogP contribution in [0, 0.1) is 0 Å². The number of hydrogen-bond donors (Lipinski definition) is 3. The van der Waals surface area contributed by atoms with E-state index in [1.165, 1.54) is 122 Å². The molecule has 2 atom stereocenters. The molecule has 0 saturated heterocycles. The molecule has 0 aliphatic heterocycles. The first kappa shape index (κ1) is 37.1. The Balaban J connectivity index is 3.57. The van der Waals surface area contributed by atoms with Crippen LogP contribution in [0.15, 0.2) is 12.2 Å². The Morgan fingerprint density at radius 3 is 1.55 bits per heavy atom. The zero-order valence-corrected chi connectivity index (χ0v) is 25.7. The normalized spacial score (nSPS) is 13.3. The Labute approximate surface area is 237 Å². The Morgan fingerprint density at radius 2 is 1.08 bits per heavy atom. The van der Waals surface area contributed by atoms with Gasteiger partial charge in [-0.3, -0.25) is 4.79 Å². The van der Waals surface area contributed by atoms with Crippen molar-refractivity contribution in [1.82, 2.24) is 5.32 Å². The SMILES string of the molecule is CC/C=C/CCCCCCCCCCC[C@@H](O)[C@H](CO)NC(=O)CCCCCCCCCCCCCCC. The van der Waals surface area contributed by atoms with Gasteiger partial charge in [0.1, 0.15) is 0 Å². The Kier molecular flexibility index (Phi) is 30.0. The fourth-order valence-corrected chi connectivity index (χ4v) is 5.18.